The summed E-state index contributed by atoms with van der Waals surface area (Å²) in [4.78, 5) is 15.7. The van der Waals surface area contributed by atoms with Gasteiger partial charge in [-0.25, -0.2) is 0 Å². The maximum Gasteiger partial charge on any atom is 0.171 e. The monoisotopic (exact) mass is 321 g/mol. The minimum atomic E-state index is -0.294. The zero-order valence-corrected chi connectivity index (χ0v) is 14.3. The van der Waals surface area contributed by atoms with E-state index in [9.17, 15) is 4.79 Å². The molecule has 1 aliphatic heterocycles. The van der Waals surface area contributed by atoms with Gasteiger partial charge in [-0.3, -0.25) is 4.79 Å². The van der Waals surface area contributed by atoms with Crippen LogP contribution in [0, 0.1) is 5.41 Å². The van der Waals surface area contributed by atoms with E-state index in [-0.39, 0.29) is 11.3 Å². The van der Waals surface area contributed by atoms with Gasteiger partial charge in [0.15, 0.2) is 5.78 Å². The fraction of sp³-hybridized carbons (Fsp3) is 0.381. The number of fused-ring (bicyclic) bond motifs is 1. The highest BCUT2D eigenvalue weighted by atomic mass is 16.5. The highest BCUT2D eigenvalue weighted by Gasteiger charge is 2.53. The molecule has 0 saturated carbocycles. The third kappa shape index (κ3) is 2.27. The predicted octanol–water partition coefficient (Wildman–Crippen LogP) is 3.54. The van der Waals surface area contributed by atoms with Crippen molar-refractivity contribution in [2.45, 2.75) is 18.8 Å². The van der Waals surface area contributed by atoms with Gasteiger partial charge < -0.3 is 9.64 Å². The van der Waals surface area contributed by atoms with Gasteiger partial charge in [0.05, 0.1) is 12.5 Å². The predicted molar refractivity (Wildman–Crippen MR) is 94.8 cm³/mol. The number of rotatable bonds is 2. The minimum absolute atomic E-state index is 0.245. The molecule has 1 saturated heterocycles. The summed E-state index contributed by atoms with van der Waals surface area (Å²) in [7, 11) is 3.81. The van der Waals surface area contributed by atoms with Gasteiger partial charge in [0.25, 0.3) is 0 Å². The van der Waals surface area contributed by atoms with Crippen LogP contribution in [0.5, 0.6) is 5.75 Å². The minimum Gasteiger partial charge on any atom is -0.497 e. The van der Waals surface area contributed by atoms with Gasteiger partial charge in [0.2, 0.25) is 0 Å². The van der Waals surface area contributed by atoms with Crippen molar-refractivity contribution in [1.82, 2.24) is 4.90 Å². The van der Waals surface area contributed by atoms with E-state index >= 15 is 0 Å². The first kappa shape index (κ1) is 15.4. The highest BCUT2D eigenvalue weighted by molar-refractivity contribution is 6.04. The van der Waals surface area contributed by atoms with Gasteiger partial charge in [-0.15, -0.1) is 0 Å². The summed E-state index contributed by atoms with van der Waals surface area (Å²) >= 11 is 0. The molecule has 2 aliphatic rings. The molecule has 0 radical (unpaired) electrons. The number of nitrogens with zero attached hydrogens (tertiary/aromatic N) is 1. The number of ketones is 1. The summed E-state index contributed by atoms with van der Waals surface area (Å²) in [5.74, 6) is 1.43. The number of ether oxygens (including phenoxy) is 1. The molecule has 2 aromatic carbocycles. The quantitative estimate of drug-likeness (QED) is 0.847. The third-order valence-corrected chi connectivity index (χ3v) is 5.79. The second kappa shape index (κ2) is 5.75. The number of aryl methyl sites for hydroxylation is 1. The van der Waals surface area contributed by atoms with Crippen LogP contribution in [-0.4, -0.2) is 37.9 Å². The maximum atomic E-state index is 13.4. The number of hydrogen-bond acceptors (Lipinski definition) is 3. The Labute approximate surface area is 143 Å². The van der Waals surface area contributed by atoms with Crippen LogP contribution in [-0.2, 0) is 6.42 Å². The van der Waals surface area contributed by atoms with Crippen LogP contribution in [0.1, 0.15) is 33.8 Å². The molecule has 1 aliphatic carbocycles. The Kier molecular flexibility index (Phi) is 3.69. The van der Waals surface area contributed by atoms with Gasteiger partial charge in [-0.05, 0) is 43.1 Å². The van der Waals surface area contributed by atoms with Crippen molar-refractivity contribution in [3.8, 4) is 5.75 Å². The number of hydrogen-bond donors (Lipinski definition) is 0. The highest BCUT2D eigenvalue weighted by Crippen LogP contribution is 2.50. The van der Waals surface area contributed by atoms with Crippen molar-refractivity contribution in [1.29, 1.82) is 0 Å². The van der Waals surface area contributed by atoms with Crippen molar-refractivity contribution < 1.29 is 9.53 Å². The van der Waals surface area contributed by atoms with Gasteiger partial charge in [0.1, 0.15) is 5.75 Å². The smallest absolute Gasteiger partial charge is 0.171 e. The molecule has 2 atom stereocenters. The average molecular weight is 321 g/mol. The van der Waals surface area contributed by atoms with Gasteiger partial charge in [-0.2, -0.15) is 0 Å². The molecule has 124 valence electrons. The van der Waals surface area contributed by atoms with E-state index in [0.29, 0.717) is 5.78 Å². The Morgan fingerprint density at radius 2 is 1.88 bits per heavy atom. The fourth-order valence-corrected chi connectivity index (χ4v) is 4.59. The number of benzene rings is 2. The molecule has 0 N–H and O–H groups in total. The van der Waals surface area contributed by atoms with Crippen molar-refractivity contribution in [2.24, 2.45) is 5.41 Å². The molecular formula is C21H23NO2. The Bertz CT molecular complexity index is 768. The molecule has 1 spiro atoms. The van der Waals surface area contributed by atoms with Gasteiger partial charge >= 0.3 is 0 Å². The van der Waals surface area contributed by atoms with Crippen LogP contribution in [0.4, 0.5) is 0 Å². The van der Waals surface area contributed by atoms with Crippen molar-refractivity contribution in [2.75, 3.05) is 27.2 Å². The van der Waals surface area contributed by atoms with E-state index in [2.05, 4.69) is 30.1 Å². The first-order chi connectivity index (χ1) is 11.6. The molecule has 24 heavy (non-hydrogen) atoms. The third-order valence-electron chi connectivity index (χ3n) is 5.79. The molecule has 1 heterocycles. The van der Waals surface area contributed by atoms with E-state index in [1.807, 2.05) is 30.3 Å². The summed E-state index contributed by atoms with van der Waals surface area (Å²) in [6, 6.07) is 16.4. The molecule has 0 aromatic heterocycles. The largest absolute Gasteiger partial charge is 0.497 e. The summed E-state index contributed by atoms with van der Waals surface area (Å²) in [5.41, 5.74) is 3.08. The summed E-state index contributed by atoms with van der Waals surface area (Å²) < 4.78 is 5.28. The van der Waals surface area contributed by atoms with Crippen LogP contribution in [0.25, 0.3) is 0 Å². The fourth-order valence-electron chi connectivity index (χ4n) is 4.59. The van der Waals surface area contributed by atoms with E-state index in [1.165, 1.54) is 11.1 Å². The topological polar surface area (TPSA) is 29.5 Å². The van der Waals surface area contributed by atoms with E-state index in [1.54, 1.807) is 7.11 Å². The normalized spacial score (nSPS) is 26.6. The van der Waals surface area contributed by atoms with Gasteiger partial charge in [-0.1, -0.05) is 36.4 Å². The Balaban J connectivity index is 1.76. The molecule has 2 aromatic rings. The van der Waals surface area contributed by atoms with Crippen molar-refractivity contribution in [3.05, 3.63) is 65.2 Å². The molecule has 3 heteroatoms. The Morgan fingerprint density at radius 1 is 1.12 bits per heavy atom. The summed E-state index contributed by atoms with van der Waals surface area (Å²) in [6.45, 7) is 1.77. The zero-order chi connectivity index (χ0) is 16.7. The van der Waals surface area contributed by atoms with Crippen LogP contribution >= 0.6 is 0 Å². The average Bonchev–Trinajstić information content (AvgIpc) is 2.96. The van der Waals surface area contributed by atoms with Crippen molar-refractivity contribution >= 4 is 5.78 Å². The molecule has 3 nitrogen and oxygen atoms in total. The van der Waals surface area contributed by atoms with Gasteiger partial charge in [0, 0.05) is 24.6 Å². The number of carbonyl (C=O) groups is 1. The molecule has 1 fully saturated rings. The van der Waals surface area contributed by atoms with Crippen LogP contribution in [0.15, 0.2) is 48.5 Å². The SMILES string of the molecule is COc1ccc([C@@H]2CN(C)C[C@]23CCc2ccccc2C3=O)cc1. The lowest BCUT2D eigenvalue weighted by Gasteiger charge is -2.38. The molecule has 0 amide bonds. The van der Waals surface area contributed by atoms with Crippen LogP contribution in [0.2, 0.25) is 0 Å². The number of carbonyl (C=O) groups excluding carboxylic acids is 1. The second-order valence-corrected chi connectivity index (χ2v) is 7.16. The number of methoxy groups -OCH3 is 1. The molecule has 4 rings (SSSR count). The first-order valence-electron chi connectivity index (χ1n) is 8.59. The van der Waals surface area contributed by atoms with Crippen LogP contribution in [0.3, 0.4) is 0 Å². The van der Waals surface area contributed by atoms with E-state index in [4.69, 9.17) is 4.74 Å². The standard InChI is InChI=1S/C21H23NO2/c1-22-13-19(16-7-9-17(24-2)10-8-16)21(14-22)12-11-15-5-3-4-6-18(15)20(21)23/h3-10,19H,11-14H2,1-2H3/t19-,21+/m0/s1. The van der Waals surface area contributed by atoms with Crippen LogP contribution < -0.4 is 4.74 Å². The van der Waals surface area contributed by atoms with E-state index < -0.39 is 0 Å². The lowest BCUT2D eigenvalue weighted by Crippen LogP contribution is -2.41. The van der Waals surface area contributed by atoms with E-state index in [0.717, 1.165) is 37.2 Å². The lowest BCUT2D eigenvalue weighted by atomic mass is 9.63. The Morgan fingerprint density at radius 3 is 2.62 bits per heavy atom. The second-order valence-electron chi connectivity index (χ2n) is 7.16. The molecular weight excluding hydrogens is 298 g/mol. The molecule has 0 unspecified atom stereocenters. The number of Topliss-reactive ketones (excluding diaryl/α,β-unsaturated/α-hetero) is 1. The lowest BCUT2D eigenvalue weighted by molar-refractivity contribution is 0.0745. The molecule has 0 bridgehead atoms. The van der Waals surface area contributed by atoms with Crippen molar-refractivity contribution in [3.63, 3.8) is 0 Å². The summed E-state index contributed by atoms with van der Waals surface area (Å²) in [6.07, 6.45) is 1.92. The summed E-state index contributed by atoms with van der Waals surface area (Å²) in [5, 5.41) is 0. The first-order valence-corrected chi connectivity index (χ1v) is 8.59. The zero-order valence-electron chi connectivity index (χ0n) is 14.3. The Hall–Kier alpha value is -2.13. The number of likely N-dealkylation sites (tertiary alicyclic amines) is 1. The maximum absolute atomic E-state index is 13.4. The number of likely N-dealkylation sites (N-methyl/N-ethyl adjacent to an activating group) is 1.